The van der Waals surface area contributed by atoms with Gasteiger partial charge in [-0.15, -0.1) is 0 Å². The Bertz CT molecular complexity index is 295. The van der Waals surface area contributed by atoms with Gasteiger partial charge in [0.1, 0.15) is 6.10 Å². The Morgan fingerprint density at radius 2 is 2.11 bits per heavy atom. The highest BCUT2D eigenvalue weighted by Gasteiger charge is 2.35. The molecule has 0 radical (unpaired) electrons. The minimum Gasteiger partial charge on any atom is -0.366 e. The van der Waals surface area contributed by atoms with Crippen LogP contribution < -0.4 is 10.6 Å². The van der Waals surface area contributed by atoms with Gasteiger partial charge < -0.3 is 20.3 Å². The molecule has 1 aliphatic carbocycles. The summed E-state index contributed by atoms with van der Waals surface area (Å²) in [6.45, 7) is 2.82. The van der Waals surface area contributed by atoms with E-state index in [2.05, 4.69) is 29.6 Å². The standard InChI is InChI=1S/C14H27N3O2/c1-17(2)14(6-4-3-5-7-14)11-16-13(18)12-10-15-8-9-19-12/h12,15H,3-11H2,1-2H3,(H,16,18). The van der Waals surface area contributed by atoms with Crippen LogP contribution in [-0.4, -0.2) is 62.8 Å². The zero-order valence-corrected chi connectivity index (χ0v) is 12.2. The summed E-state index contributed by atoms with van der Waals surface area (Å²) < 4.78 is 5.48. The molecule has 2 N–H and O–H groups in total. The van der Waals surface area contributed by atoms with Gasteiger partial charge in [0.25, 0.3) is 5.91 Å². The quantitative estimate of drug-likeness (QED) is 0.773. The number of amides is 1. The van der Waals surface area contributed by atoms with Crippen molar-refractivity contribution in [3.8, 4) is 0 Å². The second-order valence-corrected chi connectivity index (χ2v) is 5.96. The lowest BCUT2D eigenvalue weighted by molar-refractivity contribution is -0.135. The first kappa shape index (κ1) is 14.8. The maximum absolute atomic E-state index is 12.1. The fourth-order valence-electron chi connectivity index (χ4n) is 3.09. The van der Waals surface area contributed by atoms with Crippen LogP contribution >= 0.6 is 0 Å². The van der Waals surface area contributed by atoms with E-state index in [1.54, 1.807) is 0 Å². The van der Waals surface area contributed by atoms with Crippen LogP contribution in [-0.2, 0) is 9.53 Å². The predicted octanol–water partition coefficient (Wildman–Crippen LogP) is 0.356. The summed E-state index contributed by atoms with van der Waals surface area (Å²) in [5.41, 5.74) is 0.135. The second kappa shape index (κ2) is 6.68. The highest BCUT2D eigenvalue weighted by molar-refractivity contribution is 5.81. The van der Waals surface area contributed by atoms with E-state index in [0.717, 1.165) is 13.1 Å². The van der Waals surface area contributed by atoms with Crippen LogP contribution in [0.3, 0.4) is 0 Å². The molecular weight excluding hydrogens is 242 g/mol. The van der Waals surface area contributed by atoms with Gasteiger partial charge in [-0.05, 0) is 26.9 Å². The third-order valence-electron chi connectivity index (χ3n) is 4.54. The molecule has 2 fully saturated rings. The normalized spacial score (nSPS) is 27.2. The number of hydrogen-bond acceptors (Lipinski definition) is 4. The number of ether oxygens (including phenoxy) is 1. The average Bonchev–Trinajstić information content (AvgIpc) is 2.46. The largest absolute Gasteiger partial charge is 0.366 e. The minimum atomic E-state index is -0.323. The molecule has 0 aromatic rings. The zero-order valence-electron chi connectivity index (χ0n) is 12.2. The van der Waals surface area contributed by atoms with Gasteiger partial charge in [0.2, 0.25) is 0 Å². The summed E-state index contributed by atoms with van der Waals surface area (Å²) in [6, 6.07) is 0. The van der Waals surface area contributed by atoms with Gasteiger partial charge in [0.15, 0.2) is 0 Å². The molecule has 1 saturated carbocycles. The van der Waals surface area contributed by atoms with E-state index in [1.165, 1.54) is 32.1 Å². The molecule has 5 heteroatoms. The van der Waals surface area contributed by atoms with Crippen molar-refractivity contribution in [3.63, 3.8) is 0 Å². The van der Waals surface area contributed by atoms with Crippen LogP contribution in [0.4, 0.5) is 0 Å². The molecular formula is C14H27N3O2. The fourth-order valence-corrected chi connectivity index (χ4v) is 3.09. The Labute approximate surface area is 116 Å². The molecule has 0 aromatic heterocycles. The summed E-state index contributed by atoms with van der Waals surface area (Å²) >= 11 is 0. The lowest BCUT2D eigenvalue weighted by Gasteiger charge is -2.43. The molecule has 0 spiro atoms. The van der Waals surface area contributed by atoms with Crippen LogP contribution in [0.15, 0.2) is 0 Å². The highest BCUT2D eigenvalue weighted by Crippen LogP contribution is 2.31. The molecule has 1 heterocycles. The molecule has 19 heavy (non-hydrogen) atoms. The lowest BCUT2D eigenvalue weighted by Crippen LogP contribution is -2.56. The molecule has 1 amide bonds. The van der Waals surface area contributed by atoms with Crippen LogP contribution in [0.5, 0.6) is 0 Å². The molecule has 0 aromatic carbocycles. The van der Waals surface area contributed by atoms with E-state index in [9.17, 15) is 4.79 Å². The van der Waals surface area contributed by atoms with Gasteiger partial charge in [0, 0.05) is 25.2 Å². The Kier molecular flexibility index (Phi) is 5.19. The van der Waals surface area contributed by atoms with Crippen molar-refractivity contribution in [1.82, 2.24) is 15.5 Å². The van der Waals surface area contributed by atoms with Gasteiger partial charge in [-0.1, -0.05) is 19.3 Å². The first-order valence-corrected chi connectivity index (χ1v) is 7.41. The van der Waals surface area contributed by atoms with Crippen LogP contribution in [0.2, 0.25) is 0 Å². The summed E-state index contributed by atoms with van der Waals surface area (Å²) in [7, 11) is 4.24. The number of carbonyl (C=O) groups is 1. The number of rotatable bonds is 4. The Morgan fingerprint density at radius 3 is 2.68 bits per heavy atom. The van der Waals surface area contributed by atoms with Crippen molar-refractivity contribution in [2.75, 3.05) is 40.3 Å². The Morgan fingerprint density at radius 1 is 1.37 bits per heavy atom. The van der Waals surface area contributed by atoms with Crippen molar-refractivity contribution >= 4 is 5.91 Å². The number of morpholine rings is 1. The Balaban J connectivity index is 1.86. The van der Waals surface area contributed by atoms with E-state index in [1.807, 2.05) is 0 Å². The highest BCUT2D eigenvalue weighted by atomic mass is 16.5. The third-order valence-corrected chi connectivity index (χ3v) is 4.54. The number of hydrogen-bond donors (Lipinski definition) is 2. The first-order chi connectivity index (χ1) is 9.14. The molecule has 5 nitrogen and oxygen atoms in total. The molecule has 0 bridgehead atoms. The van der Waals surface area contributed by atoms with Gasteiger partial charge in [-0.2, -0.15) is 0 Å². The average molecular weight is 269 g/mol. The molecule has 110 valence electrons. The maximum Gasteiger partial charge on any atom is 0.250 e. The van der Waals surface area contributed by atoms with E-state index >= 15 is 0 Å². The van der Waals surface area contributed by atoms with E-state index < -0.39 is 0 Å². The fraction of sp³-hybridized carbons (Fsp3) is 0.929. The molecule has 1 aliphatic heterocycles. The summed E-state index contributed by atoms with van der Waals surface area (Å²) in [5, 5.41) is 6.29. The van der Waals surface area contributed by atoms with Crippen molar-refractivity contribution in [3.05, 3.63) is 0 Å². The smallest absolute Gasteiger partial charge is 0.250 e. The van der Waals surface area contributed by atoms with E-state index in [-0.39, 0.29) is 17.6 Å². The monoisotopic (exact) mass is 269 g/mol. The third kappa shape index (κ3) is 3.68. The lowest BCUT2D eigenvalue weighted by atomic mass is 9.80. The minimum absolute atomic E-state index is 0.0269. The van der Waals surface area contributed by atoms with Gasteiger partial charge in [-0.3, -0.25) is 4.79 Å². The summed E-state index contributed by atoms with van der Waals surface area (Å²) in [6.07, 6.45) is 5.86. The number of likely N-dealkylation sites (N-methyl/N-ethyl adjacent to an activating group) is 1. The van der Waals surface area contributed by atoms with Crippen molar-refractivity contribution in [2.45, 2.75) is 43.7 Å². The van der Waals surface area contributed by atoms with Gasteiger partial charge in [0.05, 0.1) is 6.61 Å². The maximum atomic E-state index is 12.1. The van der Waals surface area contributed by atoms with Crippen LogP contribution in [0.1, 0.15) is 32.1 Å². The van der Waals surface area contributed by atoms with Crippen LogP contribution in [0, 0.1) is 0 Å². The number of nitrogens with one attached hydrogen (secondary N) is 2. The summed E-state index contributed by atoms with van der Waals surface area (Å²) in [4.78, 5) is 14.4. The van der Waals surface area contributed by atoms with Crippen molar-refractivity contribution in [1.29, 1.82) is 0 Å². The topological polar surface area (TPSA) is 53.6 Å². The molecule has 1 saturated heterocycles. The predicted molar refractivity (Wildman–Crippen MR) is 75.1 cm³/mol. The van der Waals surface area contributed by atoms with E-state index in [0.29, 0.717) is 13.2 Å². The van der Waals surface area contributed by atoms with Crippen LogP contribution in [0.25, 0.3) is 0 Å². The molecule has 2 rings (SSSR count). The molecule has 2 aliphatic rings. The summed E-state index contributed by atoms with van der Waals surface area (Å²) in [5.74, 6) is 0.0269. The van der Waals surface area contributed by atoms with Gasteiger partial charge >= 0.3 is 0 Å². The molecule has 1 unspecified atom stereocenters. The van der Waals surface area contributed by atoms with Gasteiger partial charge in [-0.25, -0.2) is 0 Å². The SMILES string of the molecule is CN(C)C1(CNC(=O)C2CNCCO2)CCCCC1. The zero-order chi connectivity index (χ0) is 13.7. The number of carbonyl (C=O) groups excluding carboxylic acids is 1. The first-order valence-electron chi connectivity index (χ1n) is 7.41. The van der Waals surface area contributed by atoms with Crippen molar-refractivity contribution < 1.29 is 9.53 Å². The van der Waals surface area contributed by atoms with E-state index in [4.69, 9.17) is 4.74 Å². The van der Waals surface area contributed by atoms with Crippen molar-refractivity contribution in [2.24, 2.45) is 0 Å². The molecule has 1 atom stereocenters. The second-order valence-electron chi connectivity index (χ2n) is 5.96. The Hall–Kier alpha value is -0.650. The number of nitrogens with zero attached hydrogens (tertiary/aromatic N) is 1.